The lowest BCUT2D eigenvalue weighted by atomic mass is 9.66. The number of hydrogen-bond donors (Lipinski definition) is 1. The summed E-state index contributed by atoms with van der Waals surface area (Å²) in [6.45, 7) is 4.29. The van der Waals surface area contributed by atoms with E-state index in [1.54, 1.807) is 19.3 Å². The summed E-state index contributed by atoms with van der Waals surface area (Å²) in [6, 6.07) is 5.51. The Balaban J connectivity index is 1.70. The quantitative estimate of drug-likeness (QED) is 0.696. The molecule has 31 heavy (non-hydrogen) atoms. The number of fused-ring (bicyclic) bond motifs is 5. The number of aromatic nitrogens is 4. The second kappa shape index (κ2) is 6.60. The van der Waals surface area contributed by atoms with Crippen LogP contribution in [0.25, 0.3) is 11.3 Å². The fourth-order valence-corrected chi connectivity index (χ4v) is 5.57. The van der Waals surface area contributed by atoms with Gasteiger partial charge in [0.2, 0.25) is 0 Å². The van der Waals surface area contributed by atoms with Crippen molar-refractivity contribution in [1.82, 2.24) is 25.5 Å². The summed E-state index contributed by atoms with van der Waals surface area (Å²) >= 11 is 0. The molecule has 5 rings (SSSR count). The van der Waals surface area contributed by atoms with E-state index in [4.69, 9.17) is 0 Å². The number of nitrogens with zero attached hydrogens (tertiary/aromatic N) is 4. The Labute approximate surface area is 178 Å². The maximum Gasteiger partial charge on any atom is 0.271 e. The van der Waals surface area contributed by atoms with Crippen molar-refractivity contribution in [3.05, 3.63) is 70.9 Å². The first kappa shape index (κ1) is 19.7. The van der Waals surface area contributed by atoms with Gasteiger partial charge in [-0.3, -0.25) is 9.78 Å². The highest BCUT2D eigenvalue weighted by molar-refractivity contribution is 5.91. The Morgan fingerprint density at radius 3 is 2.61 bits per heavy atom. The molecule has 2 aromatic heterocycles. The zero-order chi connectivity index (χ0) is 22.0. The average Bonchev–Trinajstić information content (AvgIpc) is 3.14. The molecular formula is C23H21F2N5O. The third-order valence-corrected chi connectivity index (χ3v) is 7.13. The van der Waals surface area contributed by atoms with Gasteiger partial charge >= 0.3 is 0 Å². The standard InChI is InChI=1S/C23H21F2N5O/c1-22(2)13-7-8-23(22,18-11-27-10-17(28-18)21(31)26-3)20-12(13)9-16(29-30-20)19-14(24)5-4-6-15(19)25/h4-6,9-11,13H,7-8H2,1-3H3,(H,26,31)/t13-,23-/m0/s1. The summed E-state index contributed by atoms with van der Waals surface area (Å²) < 4.78 is 28.7. The van der Waals surface area contributed by atoms with Gasteiger partial charge < -0.3 is 5.32 Å². The lowest BCUT2D eigenvalue weighted by molar-refractivity contribution is 0.0956. The first-order valence-corrected chi connectivity index (χ1v) is 10.2. The number of amides is 1. The number of nitrogens with one attached hydrogen (secondary N) is 1. The molecule has 1 saturated carbocycles. The summed E-state index contributed by atoms with van der Waals surface area (Å²) in [5, 5.41) is 11.3. The Morgan fingerprint density at radius 2 is 1.90 bits per heavy atom. The van der Waals surface area contributed by atoms with E-state index in [0.717, 1.165) is 24.1 Å². The molecule has 0 saturated heterocycles. The molecule has 3 aromatic rings. The second-order valence-corrected chi connectivity index (χ2v) is 8.72. The molecule has 0 aliphatic heterocycles. The van der Waals surface area contributed by atoms with Crippen LogP contribution in [0.3, 0.4) is 0 Å². The molecule has 2 heterocycles. The molecule has 2 aliphatic carbocycles. The minimum atomic E-state index is -0.671. The van der Waals surface area contributed by atoms with Gasteiger partial charge in [-0.1, -0.05) is 19.9 Å². The van der Waals surface area contributed by atoms with Crippen LogP contribution in [-0.2, 0) is 5.41 Å². The van der Waals surface area contributed by atoms with Gasteiger partial charge in [0.15, 0.2) is 0 Å². The van der Waals surface area contributed by atoms with Crippen LogP contribution in [0.4, 0.5) is 8.78 Å². The summed E-state index contributed by atoms with van der Waals surface area (Å²) in [7, 11) is 1.55. The van der Waals surface area contributed by atoms with Crippen LogP contribution in [0.15, 0.2) is 36.7 Å². The first-order chi connectivity index (χ1) is 14.8. The molecule has 1 amide bonds. The van der Waals surface area contributed by atoms with Crippen molar-refractivity contribution < 1.29 is 13.6 Å². The van der Waals surface area contributed by atoms with Crippen molar-refractivity contribution in [3.8, 4) is 11.3 Å². The highest BCUT2D eigenvalue weighted by Crippen LogP contribution is 2.69. The molecule has 1 aromatic carbocycles. The van der Waals surface area contributed by atoms with E-state index in [-0.39, 0.29) is 34.2 Å². The first-order valence-electron chi connectivity index (χ1n) is 10.2. The van der Waals surface area contributed by atoms with Gasteiger partial charge in [0.1, 0.15) is 17.3 Å². The molecule has 2 atom stereocenters. The highest BCUT2D eigenvalue weighted by atomic mass is 19.1. The number of rotatable bonds is 3. The monoisotopic (exact) mass is 421 g/mol. The maximum absolute atomic E-state index is 14.4. The molecule has 2 aliphatic rings. The molecule has 2 bridgehead atoms. The third-order valence-electron chi connectivity index (χ3n) is 7.13. The van der Waals surface area contributed by atoms with E-state index in [2.05, 4.69) is 39.3 Å². The predicted molar refractivity (Wildman–Crippen MR) is 109 cm³/mol. The van der Waals surface area contributed by atoms with Gasteiger partial charge in [-0.2, -0.15) is 5.10 Å². The van der Waals surface area contributed by atoms with Crippen LogP contribution >= 0.6 is 0 Å². The number of hydrogen-bond acceptors (Lipinski definition) is 5. The van der Waals surface area contributed by atoms with Crippen molar-refractivity contribution in [1.29, 1.82) is 0 Å². The van der Waals surface area contributed by atoms with E-state index in [1.165, 1.54) is 24.4 Å². The zero-order valence-electron chi connectivity index (χ0n) is 17.4. The van der Waals surface area contributed by atoms with E-state index < -0.39 is 17.0 Å². The van der Waals surface area contributed by atoms with Gasteiger partial charge in [-0.05, 0) is 47.9 Å². The Bertz CT molecular complexity index is 1210. The van der Waals surface area contributed by atoms with Crippen LogP contribution in [0.5, 0.6) is 0 Å². The number of carbonyl (C=O) groups is 1. The van der Waals surface area contributed by atoms with Crippen LogP contribution in [0.2, 0.25) is 0 Å². The van der Waals surface area contributed by atoms with E-state index in [9.17, 15) is 13.6 Å². The molecule has 0 unspecified atom stereocenters. The van der Waals surface area contributed by atoms with Crippen LogP contribution in [0.1, 0.15) is 60.0 Å². The minimum absolute atomic E-state index is 0.122. The minimum Gasteiger partial charge on any atom is -0.354 e. The molecule has 6 nitrogen and oxygen atoms in total. The number of benzene rings is 1. The molecule has 0 radical (unpaired) electrons. The summed E-state index contributed by atoms with van der Waals surface area (Å²) in [4.78, 5) is 21.0. The van der Waals surface area contributed by atoms with Crippen molar-refractivity contribution in [2.45, 2.75) is 38.0 Å². The van der Waals surface area contributed by atoms with E-state index in [1.807, 2.05) is 0 Å². The second-order valence-electron chi connectivity index (χ2n) is 8.72. The fraction of sp³-hybridized carbons (Fsp3) is 0.348. The summed E-state index contributed by atoms with van der Waals surface area (Å²) in [6.07, 6.45) is 4.77. The Kier molecular flexibility index (Phi) is 4.19. The zero-order valence-corrected chi connectivity index (χ0v) is 17.4. The molecule has 0 spiro atoms. The van der Waals surface area contributed by atoms with Gasteiger partial charge in [-0.25, -0.2) is 13.8 Å². The fourth-order valence-electron chi connectivity index (χ4n) is 5.57. The average molecular weight is 421 g/mol. The molecular weight excluding hydrogens is 400 g/mol. The molecule has 8 heteroatoms. The summed E-state index contributed by atoms with van der Waals surface area (Å²) in [5.74, 6) is -1.53. The maximum atomic E-state index is 14.4. The van der Waals surface area contributed by atoms with Gasteiger partial charge in [0.25, 0.3) is 5.91 Å². The highest BCUT2D eigenvalue weighted by Gasteiger charge is 2.65. The predicted octanol–water partition coefficient (Wildman–Crippen LogP) is 3.77. The lowest BCUT2D eigenvalue weighted by Gasteiger charge is -2.37. The number of carbonyl (C=O) groups excluding carboxylic acids is 1. The smallest absolute Gasteiger partial charge is 0.271 e. The van der Waals surface area contributed by atoms with Crippen LogP contribution in [-0.4, -0.2) is 33.1 Å². The Hall–Kier alpha value is -3.29. The molecule has 158 valence electrons. The van der Waals surface area contributed by atoms with Crippen molar-refractivity contribution in [2.75, 3.05) is 7.05 Å². The van der Waals surface area contributed by atoms with E-state index >= 15 is 0 Å². The van der Waals surface area contributed by atoms with E-state index in [0.29, 0.717) is 5.69 Å². The third kappa shape index (κ3) is 2.50. The van der Waals surface area contributed by atoms with Crippen molar-refractivity contribution in [3.63, 3.8) is 0 Å². The van der Waals surface area contributed by atoms with Gasteiger partial charge in [0.05, 0.1) is 34.3 Å². The van der Waals surface area contributed by atoms with Gasteiger partial charge in [0, 0.05) is 13.2 Å². The van der Waals surface area contributed by atoms with Crippen LogP contribution in [0, 0.1) is 17.0 Å². The number of halogens is 2. The largest absolute Gasteiger partial charge is 0.354 e. The summed E-state index contributed by atoms with van der Waals surface area (Å²) in [5.41, 5.74) is 1.72. The normalized spacial score (nSPS) is 22.9. The van der Waals surface area contributed by atoms with Crippen molar-refractivity contribution in [2.24, 2.45) is 5.41 Å². The SMILES string of the molecule is CNC(=O)c1cncc([C@@]23CC[C@@H](c4cc(-c5c(F)cccc5F)nnc42)C3(C)C)n1. The molecule has 1 fully saturated rings. The topological polar surface area (TPSA) is 80.7 Å². The Morgan fingerprint density at radius 1 is 1.16 bits per heavy atom. The van der Waals surface area contributed by atoms with Crippen molar-refractivity contribution >= 4 is 5.91 Å². The van der Waals surface area contributed by atoms with Gasteiger partial charge in [-0.15, -0.1) is 5.10 Å². The van der Waals surface area contributed by atoms with Crippen LogP contribution < -0.4 is 5.32 Å². The molecule has 1 N–H and O–H groups in total. The lowest BCUT2D eigenvalue weighted by Crippen LogP contribution is -2.38.